The van der Waals surface area contributed by atoms with Crippen molar-refractivity contribution < 1.29 is 5.11 Å². The highest BCUT2D eigenvalue weighted by atomic mass is 79.9. The minimum Gasteiger partial charge on any atom is -0.391 e. The number of benzene rings is 1. The summed E-state index contributed by atoms with van der Waals surface area (Å²) in [4.78, 5) is 0. The topological polar surface area (TPSA) is 32.3 Å². The van der Waals surface area contributed by atoms with E-state index in [1.54, 1.807) is 0 Å². The minimum absolute atomic E-state index is 0.287. The molecule has 0 aliphatic heterocycles. The van der Waals surface area contributed by atoms with Crippen LogP contribution in [0.1, 0.15) is 13.3 Å². The molecule has 0 aliphatic carbocycles. The van der Waals surface area contributed by atoms with Crippen LogP contribution in [0.3, 0.4) is 0 Å². The van der Waals surface area contributed by atoms with Gasteiger partial charge in [0.15, 0.2) is 0 Å². The lowest BCUT2D eigenvalue weighted by molar-refractivity contribution is 0.183. The van der Waals surface area contributed by atoms with Gasteiger partial charge >= 0.3 is 0 Å². The van der Waals surface area contributed by atoms with Gasteiger partial charge in [-0.15, -0.1) is 0 Å². The second-order valence-corrected chi connectivity index (χ2v) is 4.84. The maximum absolute atomic E-state index is 9.38. The molecule has 0 bridgehead atoms. The van der Waals surface area contributed by atoms with Gasteiger partial charge in [0, 0.05) is 21.2 Å². The van der Waals surface area contributed by atoms with Crippen LogP contribution in [0.15, 0.2) is 27.1 Å². The van der Waals surface area contributed by atoms with Gasteiger partial charge < -0.3 is 10.4 Å². The van der Waals surface area contributed by atoms with E-state index in [0.29, 0.717) is 6.54 Å². The summed E-state index contributed by atoms with van der Waals surface area (Å²) >= 11 is 6.83. The fraction of sp³-hybridized carbons (Fsp3) is 0.400. The second-order valence-electron chi connectivity index (χ2n) is 3.07. The van der Waals surface area contributed by atoms with Gasteiger partial charge in [-0.2, -0.15) is 0 Å². The fourth-order valence-electron chi connectivity index (χ4n) is 1.00. The lowest BCUT2D eigenvalue weighted by Gasteiger charge is -2.12. The van der Waals surface area contributed by atoms with Crippen LogP contribution < -0.4 is 5.32 Å². The Morgan fingerprint density at radius 1 is 1.43 bits per heavy atom. The molecule has 1 rings (SSSR count). The van der Waals surface area contributed by atoms with Crippen molar-refractivity contribution in [1.29, 1.82) is 0 Å². The third-order valence-electron chi connectivity index (χ3n) is 1.93. The lowest BCUT2D eigenvalue weighted by Crippen LogP contribution is -2.18. The second kappa shape index (κ2) is 5.73. The summed E-state index contributed by atoms with van der Waals surface area (Å²) in [6.45, 7) is 2.54. The highest BCUT2D eigenvalue weighted by Gasteiger charge is 2.03. The molecule has 0 aromatic heterocycles. The van der Waals surface area contributed by atoms with Crippen molar-refractivity contribution in [3.05, 3.63) is 27.1 Å². The molecule has 0 amide bonds. The van der Waals surface area contributed by atoms with Gasteiger partial charge in [-0.05, 0) is 40.5 Å². The third kappa shape index (κ3) is 3.59. The molecule has 2 nitrogen and oxygen atoms in total. The summed E-state index contributed by atoms with van der Waals surface area (Å²) in [6, 6.07) is 5.91. The van der Waals surface area contributed by atoms with E-state index in [2.05, 4.69) is 37.2 Å². The van der Waals surface area contributed by atoms with Crippen LogP contribution in [0, 0.1) is 0 Å². The fourth-order valence-corrected chi connectivity index (χ4v) is 2.19. The van der Waals surface area contributed by atoms with Gasteiger partial charge in [0.25, 0.3) is 0 Å². The molecule has 1 atom stereocenters. The molecule has 1 aromatic rings. The first-order chi connectivity index (χ1) is 6.63. The summed E-state index contributed by atoms with van der Waals surface area (Å²) in [5, 5.41) is 12.6. The Labute approximate surface area is 101 Å². The number of hydrogen-bond donors (Lipinski definition) is 2. The summed E-state index contributed by atoms with van der Waals surface area (Å²) in [5.41, 5.74) is 1.00. The molecule has 0 spiro atoms. The van der Waals surface area contributed by atoms with Crippen LogP contribution in [-0.2, 0) is 0 Å². The van der Waals surface area contributed by atoms with Crippen molar-refractivity contribution in [2.45, 2.75) is 19.4 Å². The summed E-state index contributed by atoms with van der Waals surface area (Å²) in [7, 11) is 0. The smallest absolute Gasteiger partial charge is 0.0709 e. The van der Waals surface area contributed by atoms with Gasteiger partial charge in [-0.1, -0.05) is 22.9 Å². The van der Waals surface area contributed by atoms with E-state index < -0.39 is 0 Å². The maximum Gasteiger partial charge on any atom is 0.0709 e. The molecular formula is C10H13Br2NO. The van der Waals surface area contributed by atoms with E-state index in [4.69, 9.17) is 0 Å². The van der Waals surface area contributed by atoms with Gasteiger partial charge in [0.2, 0.25) is 0 Å². The van der Waals surface area contributed by atoms with Gasteiger partial charge in [-0.25, -0.2) is 0 Å². The highest BCUT2D eigenvalue weighted by molar-refractivity contribution is 9.11. The Morgan fingerprint density at radius 2 is 2.14 bits per heavy atom. The number of aliphatic hydroxyl groups excluding tert-OH is 1. The van der Waals surface area contributed by atoms with E-state index in [0.717, 1.165) is 21.1 Å². The standard InChI is InChI=1S/C10H13Br2NO/c1-2-8(14)6-13-10-4-3-7(11)5-9(10)12/h3-5,8,13-14H,2,6H2,1H3/t8-/m0/s1. The molecule has 0 fully saturated rings. The molecule has 0 radical (unpaired) electrons. The molecule has 0 aliphatic rings. The summed E-state index contributed by atoms with van der Waals surface area (Å²) in [5.74, 6) is 0. The molecule has 2 N–H and O–H groups in total. The summed E-state index contributed by atoms with van der Waals surface area (Å²) < 4.78 is 2.03. The van der Waals surface area contributed by atoms with Crippen molar-refractivity contribution in [3.8, 4) is 0 Å². The zero-order chi connectivity index (χ0) is 10.6. The third-order valence-corrected chi connectivity index (χ3v) is 3.08. The van der Waals surface area contributed by atoms with E-state index >= 15 is 0 Å². The molecule has 1 aromatic carbocycles. The normalized spacial score (nSPS) is 12.6. The van der Waals surface area contributed by atoms with Crippen molar-refractivity contribution in [2.24, 2.45) is 0 Å². The molecule has 4 heteroatoms. The van der Waals surface area contributed by atoms with E-state index in [1.807, 2.05) is 25.1 Å². The van der Waals surface area contributed by atoms with E-state index in [1.165, 1.54) is 0 Å². The van der Waals surface area contributed by atoms with Crippen LogP contribution in [0.25, 0.3) is 0 Å². The monoisotopic (exact) mass is 321 g/mol. The first-order valence-corrected chi connectivity index (χ1v) is 6.09. The van der Waals surface area contributed by atoms with Crippen LogP contribution >= 0.6 is 31.9 Å². The predicted molar refractivity (Wildman–Crippen MR) is 66.6 cm³/mol. The van der Waals surface area contributed by atoms with Crippen LogP contribution in [0.2, 0.25) is 0 Å². The van der Waals surface area contributed by atoms with Gasteiger partial charge in [-0.3, -0.25) is 0 Å². The van der Waals surface area contributed by atoms with Crippen molar-refractivity contribution in [1.82, 2.24) is 0 Å². The molecule has 0 heterocycles. The van der Waals surface area contributed by atoms with Crippen molar-refractivity contribution in [2.75, 3.05) is 11.9 Å². The Balaban J connectivity index is 2.59. The van der Waals surface area contributed by atoms with Crippen LogP contribution in [0.5, 0.6) is 0 Å². The highest BCUT2D eigenvalue weighted by Crippen LogP contribution is 2.25. The lowest BCUT2D eigenvalue weighted by atomic mass is 10.2. The molecule has 0 unspecified atom stereocenters. The number of rotatable bonds is 4. The molecule has 78 valence electrons. The van der Waals surface area contributed by atoms with Gasteiger partial charge in [0.05, 0.1) is 6.10 Å². The number of nitrogens with one attached hydrogen (secondary N) is 1. The SMILES string of the molecule is CC[C@H](O)CNc1ccc(Br)cc1Br. The van der Waals surface area contributed by atoms with Crippen molar-refractivity contribution in [3.63, 3.8) is 0 Å². The quantitative estimate of drug-likeness (QED) is 0.890. The maximum atomic E-state index is 9.38. The molecule has 14 heavy (non-hydrogen) atoms. The minimum atomic E-state index is -0.287. The van der Waals surface area contributed by atoms with E-state index in [9.17, 15) is 5.11 Å². The number of aliphatic hydroxyl groups is 1. The first-order valence-electron chi connectivity index (χ1n) is 4.50. The van der Waals surface area contributed by atoms with Crippen molar-refractivity contribution >= 4 is 37.5 Å². The zero-order valence-corrected chi connectivity index (χ0v) is 11.1. The van der Waals surface area contributed by atoms with Crippen LogP contribution in [-0.4, -0.2) is 17.8 Å². The largest absolute Gasteiger partial charge is 0.391 e. The number of hydrogen-bond acceptors (Lipinski definition) is 2. The first kappa shape index (κ1) is 12.0. The number of halogens is 2. The molecule has 0 saturated heterocycles. The van der Waals surface area contributed by atoms with Gasteiger partial charge in [0.1, 0.15) is 0 Å². The molecule has 0 saturated carbocycles. The Kier molecular flexibility index (Phi) is 4.92. The molecular weight excluding hydrogens is 310 g/mol. The summed E-state index contributed by atoms with van der Waals surface area (Å²) in [6.07, 6.45) is 0.478. The average molecular weight is 323 g/mol. The predicted octanol–water partition coefficient (Wildman–Crippen LogP) is 3.39. The van der Waals surface area contributed by atoms with E-state index in [-0.39, 0.29) is 6.10 Å². The Morgan fingerprint density at radius 3 is 2.71 bits per heavy atom. The average Bonchev–Trinajstić information content (AvgIpc) is 2.16. The zero-order valence-electron chi connectivity index (χ0n) is 7.93. The van der Waals surface area contributed by atoms with Crippen LogP contribution in [0.4, 0.5) is 5.69 Å². The number of anilines is 1. The Hall–Kier alpha value is -0.0600. The Bertz CT molecular complexity index is 304.